The molecule has 1 aromatic rings. The molecule has 0 aliphatic heterocycles. The lowest BCUT2D eigenvalue weighted by atomic mass is 9.69. The van der Waals surface area contributed by atoms with E-state index in [1.807, 2.05) is 0 Å². The lowest BCUT2D eigenvalue weighted by molar-refractivity contribution is 0.142. The van der Waals surface area contributed by atoms with Gasteiger partial charge < -0.3 is 10.4 Å². The van der Waals surface area contributed by atoms with Crippen LogP contribution in [0.25, 0.3) is 0 Å². The third-order valence-electron chi connectivity index (χ3n) is 6.15. The van der Waals surface area contributed by atoms with Crippen LogP contribution >= 0.6 is 23.2 Å². The summed E-state index contributed by atoms with van der Waals surface area (Å²) in [5.41, 5.74) is 1.57. The molecule has 110 valence electrons. The van der Waals surface area contributed by atoms with Crippen molar-refractivity contribution in [2.24, 2.45) is 16.7 Å². The zero-order valence-electron chi connectivity index (χ0n) is 12.1. The number of hydrogen-bond acceptors (Lipinski definition) is 2. The van der Waals surface area contributed by atoms with Gasteiger partial charge in [-0.25, -0.2) is 0 Å². The Balaban J connectivity index is 1.87. The predicted octanol–water partition coefficient (Wildman–Crippen LogP) is 5.33. The molecule has 0 amide bonds. The summed E-state index contributed by atoms with van der Waals surface area (Å²) >= 11 is 12.0. The Kier molecular flexibility index (Phi) is 3.19. The van der Waals surface area contributed by atoms with Gasteiger partial charge in [-0.15, -0.1) is 0 Å². The number of phenols is 1. The summed E-state index contributed by atoms with van der Waals surface area (Å²) in [6.07, 6.45) is 3.79. The topological polar surface area (TPSA) is 32.3 Å². The minimum Gasteiger partial charge on any atom is -0.505 e. The number of fused-ring (bicyclic) bond motifs is 2. The molecule has 2 aliphatic rings. The third kappa shape index (κ3) is 1.84. The standard InChI is InChI=1S/C16H21Cl2NO/c1-15(2)9-4-5-16(15,3)13(6-9)19-10-7-11(17)14(20)12(18)8-10/h7-9,13,19-20H,4-6H2,1-3H3. The van der Waals surface area contributed by atoms with Crippen LogP contribution in [0.5, 0.6) is 5.75 Å². The molecule has 4 heteroatoms. The minimum atomic E-state index is -0.0432. The molecule has 2 nitrogen and oxygen atoms in total. The first kappa shape index (κ1) is 14.3. The van der Waals surface area contributed by atoms with Crippen molar-refractivity contribution in [3.63, 3.8) is 0 Å². The molecular formula is C16H21Cl2NO. The molecule has 2 fully saturated rings. The van der Waals surface area contributed by atoms with E-state index >= 15 is 0 Å². The van der Waals surface area contributed by atoms with E-state index in [1.165, 1.54) is 19.3 Å². The quantitative estimate of drug-likeness (QED) is 0.724. The normalized spacial score (nSPS) is 34.5. The minimum absolute atomic E-state index is 0.0432. The molecule has 0 saturated heterocycles. The van der Waals surface area contributed by atoms with Crippen molar-refractivity contribution >= 4 is 28.9 Å². The second-order valence-electron chi connectivity index (χ2n) is 7.10. The molecule has 20 heavy (non-hydrogen) atoms. The van der Waals surface area contributed by atoms with E-state index in [1.54, 1.807) is 12.1 Å². The van der Waals surface area contributed by atoms with Gasteiger partial charge in [-0.05, 0) is 48.1 Å². The maximum Gasteiger partial charge on any atom is 0.152 e. The van der Waals surface area contributed by atoms with Gasteiger partial charge in [0.15, 0.2) is 5.75 Å². The summed E-state index contributed by atoms with van der Waals surface area (Å²) in [6, 6.07) is 3.95. The fraction of sp³-hybridized carbons (Fsp3) is 0.625. The first-order valence-electron chi connectivity index (χ1n) is 7.20. The van der Waals surface area contributed by atoms with E-state index in [0.29, 0.717) is 26.9 Å². The number of rotatable bonds is 2. The Morgan fingerprint density at radius 1 is 1.20 bits per heavy atom. The van der Waals surface area contributed by atoms with Gasteiger partial charge in [0.05, 0.1) is 10.0 Å². The van der Waals surface area contributed by atoms with Gasteiger partial charge >= 0.3 is 0 Å². The molecule has 0 aromatic heterocycles. The van der Waals surface area contributed by atoms with E-state index in [2.05, 4.69) is 26.1 Å². The predicted molar refractivity (Wildman–Crippen MR) is 84.8 cm³/mol. The maximum atomic E-state index is 9.64. The van der Waals surface area contributed by atoms with Gasteiger partial charge in [0, 0.05) is 11.7 Å². The van der Waals surface area contributed by atoms with Crippen LogP contribution in [0, 0.1) is 16.7 Å². The number of phenolic OH excluding ortho intramolecular Hbond substituents is 1. The summed E-state index contributed by atoms with van der Waals surface area (Å²) in [7, 11) is 0. The molecule has 1 aromatic carbocycles. The van der Waals surface area contributed by atoms with Crippen LogP contribution in [0.3, 0.4) is 0 Å². The van der Waals surface area contributed by atoms with Gasteiger partial charge in [0.25, 0.3) is 0 Å². The molecular weight excluding hydrogens is 293 g/mol. The summed E-state index contributed by atoms with van der Waals surface area (Å²) in [4.78, 5) is 0. The Hall–Kier alpha value is -0.600. The molecule has 2 aliphatic carbocycles. The Bertz CT molecular complexity index is 534. The van der Waals surface area contributed by atoms with E-state index in [9.17, 15) is 5.11 Å². The van der Waals surface area contributed by atoms with Crippen LogP contribution in [0.2, 0.25) is 10.0 Å². The van der Waals surface area contributed by atoms with Gasteiger partial charge in [0.1, 0.15) is 0 Å². The first-order chi connectivity index (χ1) is 9.25. The van der Waals surface area contributed by atoms with E-state index in [4.69, 9.17) is 23.2 Å². The van der Waals surface area contributed by atoms with Crippen molar-refractivity contribution in [3.05, 3.63) is 22.2 Å². The molecule has 3 unspecified atom stereocenters. The number of hydrogen-bond donors (Lipinski definition) is 2. The Morgan fingerprint density at radius 3 is 2.25 bits per heavy atom. The number of benzene rings is 1. The van der Waals surface area contributed by atoms with Crippen LogP contribution < -0.4 is 5.32 Å². The SMILES string of the molecule is CC1(C)C2CCC1(C)C(Nc1cc(Cl)c(O)c(Cl)c1)C2. The first-order valence-corrected chi connectivity index (χ1v) is 7.96. The number of aromatic hydroxyl groups is 1. The fourth-order valence-corrected chi connectivity index (χ4v) is 4.76. The molecule has 0 radical (unpaired) electrons. The lowest BCUT2D eigenvalue weighted by Crippen LogP contribution is -2.40. The van der Waals surface area contributed by atoms with E-state index in [-0.39, 0.29) is 5.75 Å². The van der Waals surface area contributed by atoms with Crippen molar-refractivity contribution in [2.45, 2.75) is 46.1 Å². The van der Waals surface area contributed by atoms with Crippen LogP contribution in [-0.4, -0.2) is 11.1 Å². The zero-order chi connectivity index (χ0) is 14.7. The van der Waals surface area contributed by atoms with E-state index in [0.717, 1.165) is 11.6 Å². The van der Waals surface area contributed by atoms with Crippen LogP contribution in [0.15, 0.2) is 12.1 Å². The lowest BCUT2D eigenvalue weighted by Gasteiger charge is -2.40. The van der Waals surface area contributed by atoms with Crippen molar-refractivity contribution in [1.82, 2.24) is 0 Å². The second kappa shape index (κ2) is 4.45. The number of nitrogens with one attached hydrogen (secondary N) is 1. The molecule has 2 N–H and O–H groups in total. The highest BCUT2D eigenvalue weighted by Gasteiger charge is 2.61. The van der Waals surface area contributed by atoms with Gasteiger partial charge in [-0.3, -0.25) is 0 Å². The highest BCUT2D eigenvalue weighted by Crippen LogP contribution is 2.65. The average Bonchev–Trinajstić information content (AvgIpc) is 2.69. The molecule has 0 heterocycles. The molecule has 3 atom stereocenters. The second-order valence-corrected chi connectivity index (χ2v) is 7.91. The van der Waals surface area contributed by atoms with Crippen molar-refractivity contribution in [3.8, 4) is 5.75 Å². The maximum absolute atomic E-state index is 9.64. The van der Waals surface area contributed by atoms with Crippen molar-refractivity contribution in [2.75, 3.05) is 5.32 Å². The fourth-order valence-electron chi connectivity index (χ4n) is 4.27. The summed E-state index contributed by atoms with van der Waals surface area (Å²) in [5, 5.41) is 13.8. The molecule has 3 rings (SSSR count). The van der Waals surface area contributed by atoms with E-state index < -0.39 is 0 Å². The van der Waals surface area contributed by atoms with Crippen LogP contribution in [-0.2, 0) is 0 Å². The summed E-state index contributed by atoms with van der Waals surface area (Å²) in [5.74, 6) is 0.742. The molecule has 0 spiro atoms. The van der Waals surface area contributed by atoms with Gasteiger partial charge in [-0.2, -0.15) is 0 Å². The molecule has 2 bridgehead atoms. The molecule has 2 saturated carbocycles. The van der Waals surface area contributed by atoms with Crippen LogP contribution in [0.4, 0.5) is 5.69 Å². The van der Waals surface area contributed by atoms with Crippen LogP contribution in [0.1, 0.15) is 40.0 Å². The monoisotopic (exact) mass is 313 g/mol. The summed E-state index contributed by atoms with van der Waals surface area (Å²) in [6.45, 7) is 7.17. The third-order valence-corrected chi connectivity index (χ3v) is 6.73. The average molecular weight is 314 g/mol. The smallest absolute Gasteiger partial charge is 0.152 e. The largest absolute Gasteiger partial charge is 0.505 e. The zero-order valence-corrected chi connectivity index (χ0v) is 13.6. The Labute approximate surface area is 130 Å². The number of halogens is 2. The van der Waals surface area contributed by atoms with Crippen molar-refractivity contribution < 1.29 is 5.11 Å². The van der Waals surface area contributed by atoms with Gasteiger partial charge in [-0.1, -0.05) is 44.0 Å². The highest BCUT2D eigenvalue weighted by molar-refractivity contribution is 6.37. The van der Waals surface area contributed by atoms with Crippen molar-refractivity contribution in [1.29, 1.82) is 0 Å². The number of anilines is 1. The Morgan fingerprint density at radius 2 is 1.80 bits per heavy atom. The highest BCUT2D eigenvalue weighted by atomic mass is 35.5. The van der Waals surface area contributed by atoms with Gasteiger partial charge in [0.2, 0.25) is 0 Å². The summed E-state index contributed by atoms with van der Waals surface area (Å²) < 4.78 is 0.